The maximum atomic E-state index is 11.6. The number of carbonyl (C=O) groups excluding carboxylic acids is 1. The van der Waals surface area contributed by atoms with E-state index in [9.17, 15) is 4.79 Å². The molecule has 0 spiro atoms. The van der Waals surface area contributed by atoms with Gasteiger partial charge in [-0.1, -0.05) is 0 Å². The average molecular weight is 269 g/mol. The maximum absolute atomic E-state index is 11.6. The van der Waals surface area contributed by atoms with Gasteiger partial charge in [-0.15, -0.1) is 0 Å². The van der Waals surface area contributed by atoms with E-state index in [1.165, 1.54) is 0 Å². The van der Waals surface area contributed by atoms with Crippen LogP contribution in [0.2, 0.25) is 12.6 Å². The number of nitrogens with zero attached hydrogens (tertiary/aromatic N) is 1. The molecular weight excluding hydrogens is 250 g/mol. The van der Waals surface area contributed by atoms with Crippen LogP contribution in [0.25, 0.3) is 0 Å². The number of esters is 1. The Labute approximate surface area is 108 Å². The first-order chi connectivity index (χ1) is 8.59. The van der Waals surface area contributed by atoms with Gasteiger partial charge in [0, 0.05) is 32.7 Å². The third-order valence-electron chi connectivity index (χ3n) is 2.78. The molecule has 18 heavy (non-hydrogen) atoms. The van der Waals surface area contributed by atoms with E-state index in [1.807, 2.05) is 6.55 Å². The SMILES string of the molecule is CO[Si](C)(CCOC(=O)Cc1ccncc1)OC. The molecule has 0 saturated carbocycles. The molecule has 0 amide bonds. The van der Waals surface area contributed by atoms with E-state index in [2.05, 4.69) is 4.98 Å². The molecule has 5 nitrogen and oxygen atoms in total. The molecule has 0 N–H and O–H groups in total. The molecule has 6 heteroatoms. The van der Waals surface area contributed by atoms with Crippen LogP contribution in [0.4, 0.5) is 0 Å². The fourth-order valence-corrected chi connectivity index (χ4v) is 2.40. The van der Waals surface area contributed by atoms with Crippen molar-refractivity contribution in [2.45, 2.75) is 19.0 Å². The molecule has 0 radical (unpaired) electrons. The fraction of sp³-hybridized carbons (Fsp3) is 0.500. The number of aromatic nitrogens is 1. The van der Waals surface area contributed by atoms with Gasteiger partial charge in [0.05, 0.1) is 13.0 Å². The number of ether oxygens (including phenoxy) is 1. The summed E-state index contributed by atoms with van der Waals surface area (Å²) < 4.78 is 15.8. The minimum Gasteiger partial charge on any atom is -0.466 e. The van der Waals surface area contributed by atoms with E-state index in [1.54, 1.807) is 38.7 Å². The number of hydrogen-bond acceptors (Lipinski definition) is 5. The summed E-state index contributed by atoms with van der Waals surface area (Å²) in [5.74, 6) is -0.246. The Kier molecular flexibility index (Phi) is 5.97. The normalized spacial score (nSPS) is 11.3. The van der Waals surface area contributed by atoms with Crippen LogP contribution < -0.4 is 0 Å². The summed E-state index contributed by atoms with van der Waals surface area (Å²) in [6.07, 6.45) is 3.58. The van der Waals surface area contributed by atoms with Crippen LogP contribution in [-0.2, 0) is 24.8 Å². The Hall–Kier alpha value is -1.24. The van der Waals surface area contributed by atoms with Crippen molar-refractivity contribution < 1.29 is 18.4 Å². The molecule has 1 heterocycles. The molecule has 0 fully saturated rings. The second-order valence-electron chi connectivity index (χ2n) is 4.04. The molecular formula is C12H19NO4Si. The van der Waals surface area contributed by atoms with Gasteiger partial charge in [-0.25, -0.2) is 0 Å². The molecule has 0 saturated heterocycles. The van der Waals surface area contributed by atoms with E-state index in [0.29, 0.717) is 12.7 Å². The molecule has 0 bridgehead atoms. The second kappa shape index (κ2) is 7.25. The molecule has 0 aliphatic rings. The smallest absolute Gasteiger partial charge is 0.337 e. The first kappa shape index (κ1) is 14.8. The number of rotatable bonds is 7. The lowest BCUT2D eigenvalue weighted by Gasteiger charge is -2.22. The molecule has 1 rings (SSSR count). The zero-order valence-corrected chi connectivity index (χ0v) is 12.0. The van der Waals surface area contributed by atoms with Crippen LogP contribution in [0, 0.1) is 0 Å². The lowest BCUT2D eigenvalue weighted by Crippen LogP contribution is -2.37. The van der Waals surface area contributed by atoms with Gasteiger partial charge < -0.3 is 13.6 Å². The van der Waals surface area contributed by atoms with Crippen molar-refractivity contribution in [3.63, 3.8) is 0 Å². The quantitative estimate of drug-likeness (QED) is 0.555. The minimum atomic E-state index is -2.14. The first-order valence-electron chi connectivity index (χ1n) is 5.74. The van der Waals surface area contributed by atoms with E-state index in [0.717, 1.165) is 5.56 Å². The van der Waals surface area contributed by atoms with E-state index in [4.69, 9.17) is 13.6 Å². The van der Waals surface area contributed by atoms with E-state index in [-0.39, 0.29) is 12.4 Å². The third-order valence-corrected chi connectivity index (χ3v) is 5.62. The van der Waals surface area contributed by atoms with Crippen molar-refractivity contribution >= 4 is 14.5 Å². The largest absolute Gasteiger partial charge is 0.466 e. The Morgan fingerprint density at radius 1 is 1.28 bits per heavy atom. The molecule has 0 atom stereocenters. The van der Waals surface area contributed by atoms with Crippen LogP contribution in [0.3, 0.4) is 0 Å². The summed E-state index contributed by atoms with van der Waals surface area (Å²) in [5, 5.41) is 0. The highest BCUT2D eigenvalue weighted by Crippen LogP contribution is 2.11. The maximum Gasteiger partial charge on any atom is 0.337 e. The Morgan fingerprint density at radius 2 is 1.89 bits per heavy atom. The topological polar surface area (TPSA) is 57.7 Å². The van der Waals surface area contributed by atoms with Gasteiger partial charge in [-0.05, 0) is 24.2 Å². The molecule has 1 aromatic rings. The van der Waals surface area contributed by atoms with Crippen LogP contribution in [0.1, 0.15) is 5.56 Å². The molecule has 0 aromatic carbocycles. The number of pyridine rings is 1. The van der Waals surface area contributed by atoms with Crippen LogP contribution in [0.5, 0.6) is 0 Å². The van der Waals surface area contributed by atoms with E-state index < -0.39 is 8.56 Å². The van der Waals surface area contributed by atoms with Crippen molar-refractivity contribution in [3.05, 3.63) is 30.1 Å². The summed E-state index contributed by atoms with van der Waals surface area (Å²) in [4.78, 5) is 15.5. The van der Waals surface area contributed by atoms with Crippen LogP contribution in [-0.4, -0.2) is 40.3 Å². The van der Waals surface area contributed by atoms with Crippen molar-refractivity contribution in [2.24, 2.45) is 0 Å². The van der Waals surface area contributed by atoms with Crippen molar-refractivity contribution in [1.29, 1.82) is 0 Å². The van der Waals surface area contributed by atoms with Gasteiger partial charge in [0.15, 0.2) is 0 Å². The van der Waals surface area contributed by atoms with Crippen molar-refractivity contribution in [1.82, 2.24) is 4.98 Å². The van der Waals surface area contributed by atoms with Gasteiger partial charge in [-0.2, -0.15) is 0 Å². The average Bonchev–Trinajstić information content (AvgIpc) is 2.39. The Bertz CT molecular complexity index is 368. The molecule has 0 aliphatic carbocycles. The molecule has 0 unspecified atom stereocenters. The zero-order chi connectivity index (χ0) is 13.4. The van der Waals surface area contributed by atoms with Crippen molar-refractivity contribution in [3.8, 4) is 0 Å². The predicted molar refractivity (Wildman–Crippen MR) is 69.3 cm³/mol. The lowest BCUT2D eigenvalue weighted by molar-refractivity contribution is -0.142. The first-order valence-corrected chi connectivity index (χ1v) is 8.27. The third kappa shape index (κ3) is 4.95. The summed E-state index contributed by atoms with van der Waals surface area (Å²) in [7, 11) is 1.10. The summed E-state index contributed by atoms with van der Waals surface area (Å²) in [6.45, 7) is 2.26. The van der Waals surface area contributed by atoms with Gasteiger partial charge in [0.25, 0.3) is 0 Å². The minimum absolute atomic E-state index is 0.246. The van der Waals surface area contributed by atoms with Crippen LogP contribution >= 0.6 is 0 Å². The van der Waals surface area contributed by atoms with Crippen molar-refractivity contribution in [2.75, 3.05) is 20.8 Å². The molecule has 0 aliphatic heterocycles. The van der Waals surface area contributed by atoms with Gasteiger partial charge >= 0.3 is 14.5 Å². The molecule has 1 aromatic heterocycles. The zero-order valence-electron chi connectivity index (χ0n) is 11.0. The van der Waals surface area contributed by atoms with Gasteiger partial charge in [0.2, 0.25) is 0 Å². The number of hydrogen-bond donors (Lipinski definition) is 0. The van der Waals surface area contributed by atoms with Crippen LogP contribution in [0.15, 0.2) is 24.5 Å². The standard InChI is InChI=1S/C12H19NO4Si/c1-15-18(3,16-2)9-8-17-12(14)10-11-4-6-13-7-5-11/h4-7H,8-10H2,1-3H3. The van der Waals surface area contributed by atoms with Gasteiger partial charge in [-0.3, -0.25) is 9.78 Å². The Morgan fingerprint density at radius 3 is 2.44 bits per heavy atom. The van der Waals surface area contributed by atoms with E-state index >= 15 is 0 Å². The number of carbonyl (C=O) groups is 1. The summed E-state index contributed by atoms with van der Waals surface area (Å²) in [5.41, 5.74) is 0.897. The lowest BCUT2D eigenvalue weighted by atomic mass is 10.2. The summed E-state index contributed by atoms with van der Waals surface area (Å²) in [6, 6.07) is 4.22. The second-order valence-corrected chi connectivity index (χ2v) is 7.63. The highest BCUT2D eigenvalue weighted by Gasteiger charge is 2.28. The fourth-order valence-electron chi connectivity index (χ4n) is 1.36. The highest BCUT2D eigenvalue weighted by molar-refractivity contribution is 6.66. The molecule has 100 valence electrons. The Balaban J connectivity index is 2.30. The summed E-state index contributed by atoms with van der Waals surface area (Å²) >= 11 is 0. The predicted octanol–water partition coefficient (Wildman–Crippen LogP) is 1.53. The van der Waals surface area contributed by atoms with Gasteiger partial charge in [0.1, 0.15) is 0 Å². The highest BCUT2D eigenvalue weighted by atomic mass is 28.4. The monoisotopic (exact) mass is 269 g/mol.